The Labute approximate surface area is 90.2 Å². The summed E-state index contributed by atoms with van der Waals surface area (Å²) in [6.45, 7) is 2.06. The van der Waals surface area contributed by atoms with Gasteiger partial charge in [0.1, 0.15) is 5.54 Å². The molecule has 15 heavy (non-hydrogen) atoms. The Morgan fingerprint density at radius 3 is 2.53 bits per heavy atom. The van der Waals surface area contributed by atoms with Crippen molar-refractivity contribution in [3.8, 4) is 0 Å². The first-order valence-corrected chi connectivity index (χ1v) is 5.67. The van der Waals surface area contributed by atoms with Crippen LogP contribution in [0.1, 0.15) is 25.7 Å². The van der Waals surface area contributed by atoms with Crippen LogP contribution in [0.25, 0.3) is 0 Å². The summed E-state index contributed by atoms with van der Waals surface area (Å²) in [5.41, 5.74) is -0.666. The molecule has 0 radical (unpaired) electrons. The number of likely N-dealkylation sites (N-methyl/N-ethyl adjacent to an activating group) is 1. The molecule has 4 nitrogen and oxygen atoms in total. The van der Waals surface area contributed by atoms with Crippen LogP contribution in [0.15, 0.2) is 0 Å². The Hall–Kier alpha value is -0.610. The Morgan fingerprint density at radius 1 is 1.47 bits per heavy atom. The molecule has 0 atom stereocenters. The predicted octanol–water partition coefficient (Wildman–Crippen LogP) is 0.962. The van der Waals surface area contributed by atoms with Crippen LogP contribution in [0, 0.1) is 5.92 Å². The second kappa shape index (κ2) is 4.10. The van der Waals surface area contributed by atoms with Crippen LogP contribution >= 0.6 is 0 Å². The summed E-state index contributed by atoms with van der Waals surface area (Å²) in [5.74, 6) is 0.0445. The van der Waals surface area contributed by atoms with E-state index in [9.17, 15) is 9.90 Å². The zero-order chi connectivity index (χ0) is 10.9. The molecule has 2 fully saturated rings. The van der Waals surface area contributed by atoms with E-state index >= 15 is 0 Å². The fourth-order valence-corrected chi connectivity index (χ4v) is 2.33. The Bertz CT molecular complexity index is 244. The highest BCUT2D eigenvalue weighted by molar-refractivity contribution is 5.78. The van der Waals surface area contributed by atoms with E-state index in [0.717, 1.165) is 12.5 Å². The number of hydrogen-bond acceptors (Lipinski definition) is 3. The summed E-state index contributed by atoms with van der Waals surface area (Å²) in [7, 11) is 1.94. The van der Waals surface area contributed by atoms with Gasteiger partial charge in [-0.05, 0) is 38.6 Å². The molecule has 1 saturated carbocycles. The first-order chi connectivity index (χ1) is 7.15. The monoisotopic (exact) mass is 213 g/mol. The summed E-state index contributed by atoms with van der Waals surface area (Å²) in [6, 6.07) is 0. The third-order valence-electron chi connectivity index (χ3n) is 3.68. The standard InChI is InChI=1S/C11H19NO3/c1-12(8-9-2-3-9)11(10(13)14)4-6-15-7-5-11/h9H,2-8H2,1H3,(H,13,14). The Kier molecular flexibility index (Phi) is 2.98. The lowest BCUT2D eigenvalue weighted by molar-refractivity contribution is -0.157. The minimum Gasteiger partial charge on any atom is -0.480 e. The topological polar surface area (TPSA) is 49.8 Å². The first-order valence-electron chi connectivity index (χ1n) is 5.67. The molecule has 2 rings (SSSR count). The first kappa shape index (κ1) is 10.9. The van der Waals surface area contributed by atoms with Gasteiger partial charge in [0, 0.05) is 19.8 Å². The van der Waals surface area contributed by atoms with Crippen LogP contribution in [0.5, 0.6) is 0 Å². The van der Waals surface area contributed by atoms with Crippen molar-refractivity contribution in [1.82, 2.24) is 4.90 Å². The summed E-state index contributed by atoms with van der Waals surface area (Å²) in [6.07, 6.45) is 3.75. The average molecular weight is 213 g/mol. The molecule has 86 valence electrons. The smallest absolute Gasteiger partial charge is 0.324 e. The molecule has 0 aromatic heterocycles. The van der Waals surface area contributed by atoms with Gasteiger partial charge in [-0.2, -0.15) is 0 Å². The predicted molar refractivity (Wildman–Crippen MR) is 55.8 cm³/mol. The van der Waals surface area contributed by atoms with Crippen molar-refractivity contribution in [2.24, 2.45) is 5.92 Å². The summed E-state index contributed by atoms with van der Waals surface area (Å²) in [4.78, 5) is 13.5. The SMILES string of the molecule is CN(CC1CC1)C1(C(=O)O)CCOCC1. The van der Waals surface area contributed by atoms with Crippen LogP contribution in [0.3, 0.4) is 0 Å². The highest BCUT2D eigenvalue weighted by Crippen LogP contribution is 2.34. The van der Waals surface area contributed by atoms with Crippen molar-refractivity contribution >= 4 is 5.97 Å². The third-order valence-corrected chi connectivity index (χ3v) is 3.68. The molecule has 0 amide bonds. The molecular weight excluding hydrogens is 194 g/mol. The molecule has 1 saturated heterocycles. The molecule has 0 aromatic carbocycles. The number of nitrogens with zero attached hydrogens (tertiary/aromatic N) is 1. The second-order valence-corrected chi connectivity index (χ2v) is 4.77. The molecular formula is C11H19NO3. The molecule has 0 bridgehead atoms. The third kappa shape index (κ3) is 2.16. The summed E-state index contributed by atoms with van der Waals surface area (Å²) in [5, 5.41) is 9.40. The van der Waals surface area contributed by atoms with Gasteiger partial charge in [-0.3, -0.25) is 9.69 Å². The maximum atomic E-state index is 11.4. The van der Waals surface area contributed by atoms with Crippen LogP contribution in [-0.2, 0) is 9.53 Å². The van der Waals surface area contributed by atoms with E-state index in [-0.39, 0.29) is 0 Å². The van der Waals surface area contributed by atoms with Crippen molar-refractivity contribution in [2.45, 2.75) is 31.2 Å². The normalized spacial score (nSPS) is 25.5. The minimum absolute atomic E-state index is 0.571. The van der Waals surface area contributed by atoms with Crippen LogP contribution in [0.2, 0.25) is 0 Å². The van der Waals surface area contributed by atoms with Crippen molar-refractivity contribution in [2.75, 3.05) is 26.8 Å². The maximum absolute atomic E-state index is 11.4. The number of hydrogen-bond donors (Lipinski definition) is 1. The molecule has 0 spiro atoms. The fraction of sp³-hybridized carbons (Fsp3) is 0.909. The van der Waals surface area contributed by atoms with Gasteiger partial charge in [0.05, 0.1) is 0 Å². The Morgan fingerprint density at radius 2 is 2.07 bits per heavy atom. The number of rotatable bonds is 4. The van der Waals surface area contributed by atoms with Crippen LogP contribution in [-0.4, -0.2) is 48.3 Å². The van der Waals surface area contributed by atoms with E-state index in [2.05, 4.69) is 0 Å². The average Bonchev–Trinajstić information content (AvgIpc) is 3.02. The summed E-state index contributed by atoms with van der Waals surface area (Å²) < 4.78 is 5.26. The minimum atomic E-state index is -0.686. The van der Waals surface area contributed by atoms with Gasteiger partial charge in [-0.1, -0.05) is 0 Å². The van der Waals surface area contributed by atoms with Crippen LogP contribution < -0.4 is 0 Å². The van der Waals surface area contributed by atoms with E-state index in [1.54, 1.807) is 0 Å². The highest BCUT2D eigenvalue weighted by Gasteiger charge is 2.45. The number of carbonyl (C=O) groups is 1. The van der Waals surface area contributed by atoms with E-state index in [0.29, 0.717) is 26.1 Å². The molecule has 0 aromatic rings. The molecule has 1 heterocycles. The largest absolute Gasteiger partial charge is 0.480 e. The van der Waals surface area contributed by atoms with Gasteiger partial charge in [-0.25, -0.2) is 0 Å². The lowest BCUT2D eigenvalue weighted by atomic mass is 9.88. The van der Waals surface area contributed by atoms with E-state index < -0.39 is 11.5 Å². The molecule has 2 aliphatic rings. The molecule has 0 unspecified atom stereocenters. The van der Waals surface area contributed by atoms with Gasteiger partial charge < -0.3 is 9.84 Å². The van der Waals surface area contributed by atoms with Crippen molar-refractivity contribution < 1.29 is 14.6 Å². The zero-order valence-corrected chi connectivity index (χ0v) is 9.24. The molecule has 1 aliphatic carbocycles. The van der Waals surface area contributed by atoms with Crippen molar-refractivity contribution in [3.05, 3.63) is 0 Å². The number of ether oxygens (including phenoxy) is 1. The van der Waals surface area contributed by atoms with Gasteiger partial charge in [0.2, 0.25) is 0 Å². The quantitative estimate of drug-likeness (QED) is 0.755. The van der Waals surface area contributed by atoms with E-state index in [1.165, 1.54) is 12.8 Å². The zero-order valence-electron chi connectivity index (χ0n) is 9.24. The molecule has 4 heteroatoms. The number of carboxylic acid groups (broad SMARTS) is 1. The van der Waals surface area contributed by atoms with E-state index in [4.69, 9.17) is 4.74 Å². The van der Waals surface area contributed by atoms with Crippen molar-refractivity contribution in [1.29, 1.82) is 0 Å². The Balaban J connectivity index is 2.04. The maximum Gasteiger partial charge on any atom is 0.324 e. The van der Waals surface area contributed by atoms with Crippen LogP contribution in [0.4, 0.5) is 0 Å². The van der Waals surface area contributed by atoms with Gasteiger partial charge in [0.25, 0.3) is 0 Å². The molecule has 1 N–H and O–H groups in total. The van der Waals surface area contributed by atoms with Gasteiger partial charge >= 0.3 is 5.97 Å². The highest BCUT2D eigenvalue weighted by atomic mass is 16.5. The van der Waals surface area contributed by atoms with Gasteiger partial charge in [-0.15, -0.1) is 0 Å². The fourth-order valence-electron chi connectivity index (χ4n) is 2.33. The molecule has 1 aliphatic heterocycles. The van der Waals surface area contributed by atoms with Gasteiger partial charge in [0.15, 0.2) is 0 Å². The summed E-state index contributed by atoms with van der Waals surface area (Å²) >= 11 is 0. The second-order valence-electron chi connectivity index (χ2n) is 4.77. The lowest BCUT2D eigenvalue weighted by Gasteiger charge is -2.40. The van der Waals surface area contributed by atoms with Crippen molar-refractivity contribution in [3.63, 3.8) is 0 Å². The lowest BCUT2D eigenvalue weighted by Crippen LogP contribution is -2.56. The van der Waals surface area contributed by atoms with E-state index in [1.807, 2.05) is 11.9 Å². The number of carboxylic acids is 1. The number of aliphatic carboxylic acids is 1.